The molecule has 0 unspecified atom stereocenters. The van der Waals surface area contributed by atoms with E-state index in [1.54, 1.807) is 0 Å². The maximum atomic E-state index is 4.42. The summed E-state index contributed by atoms with van der Waals surface area (Å²) in [5.41, 5.74) is 3.30. The number of anilines is 1. The first-order valence-corrected chi connectivity index (χ1v) is 8.62. The van der Waals surface area contributed by atoms with Gasteiger partial charge < -0.3 is 5.32 Å². The lowest BCUT2D eigenvalue weighted by Gasteiger charge is -2.50. The van der Waals surface area contributed by atoms with Crippen LogP contribution in [0.1, 0.15) is 25.3 Å². The van der Waals surface area contributed by atoms with Crippen LogP contribution in [0.3, 0.4) is 0 Å². The number of nitrogens with one attached hydrogen (secondary N) is 1. The quantitative estimate of drug-likeness (QED) is 0.944. The minimum absolute atomic E-state index is 0.497. The molecule has 3 fully saturated rings. The second kappa shape index (κ2) is 5.93. The molecule has 0 radical (unpaired) electrons. The van der Waals surface area contributed by atoms with Crippen LogP contribution in [-0.4, -0.2) is 40.3 Å². The molecule has 4 heteroatoms. The van der Waals surface area contributed by atoms with Gasteiger partial charge in [-0.15, -0.1) is 10.2 Å². The molecule has 2 bridgehead atoms. The first-order valence-electron chi connectivity index (χ1n) is 8.62. The summed E-state index contributed by atoms with van der Waals surface area (Å²) in [7, 11) is 0. The van der Waals surface area contributed by atoms with Crippen molar-refractivity contribution in [2.24, 2.45) is 5.92 Å². The number of rotatable bonds is 3. The van der Waals surface area contributed by atoms with Crippen molar-refractivity contribution in [1.82, 2.24) is 15.1 Å². The van der Waals surface area contributed by atoms with Crippen molar-refractivity contribution in [1.29, 1.82) is 0 Å². The Bertz CT molecular complexity index is 672. The first-order chi connectivity index (χ1) is 11.2. The zero-order valence-corrected chi connectivity index (χ0v) is 13.9. The fourth-order valence-electron chi connectivity index (χ4n) is 4.08. The van der Waals surface area contributed by atoms with Gasteiger partial charge in [0.15, 0.2) is 0 Å². The normalized spacial score (nSPS) is 29.5. The summed E-state index contributed by atoms with van der Waals surface area (Å²) in [5.74, 6) is 1.67. The van der Waals surface area contributed by atoms with Crippen molar-refractivity contribution in [3.8, 4) is 11.3 Å². The van der Waals surface area contributed by atoms with Crippen LogP contribution in [0, 0.1) is 12.8 Å². The molecule has 2 atom stereocenters. The summed E-state index contributed by atoms with van der Waals surface area (Å²) >= 11 is 0. The molecule has 1 aromatic carbocycles. The van der Waals surface area contributed by atoms with Crippen molar-refractivity contribution < 1.29 is 0 Å². The van der Waals surface area contributed by atoms with Crippen LogP contribution in [0.15, 0.2) is 36.4 Å². The highest BCUT2D eigenvalue weighted by molar-refractivity contribution is 5.60. The fourth-order valence-corrected chi connectivity index (χ4v) is 4.08. The predicted octanol–water partition coefficient (Wildman–Crippen LogP) is 3.35. The third-order valence-electron chi connectivity index (χ3n) is 5.47. The Labute approximate surface area is 137 Å². The van der Waals surface area contributed by atoms with Gasteiger partial charge >= 0.3 is 0 Å². The van der Waals surface area contributed by atoms with Crippen LogP contribution in [0.25, 0.3) is 11.3 Å². The Morgan fingerprint density at radius 2 is 1.91 bits per heavy atom. The highest BCUT2D eigenvalue weighted by Gasteiger charge is 2.39. The lowest BCUT2D eigenvalue weighted by molar-refractivity contribution is 0.0457. The summed E-state index contributed by atoms with van der Waals surface area (Å²) in [4.78, 5) is 2.59. The van der Waals surface area contributed by atoms with E-state index in [4.69, 9.17) is 0 Å². The molecule has 5 rings (SSSR count). The van der Waals surface area contributed by atoms with E-state index >= 15 is 0 Å². The van der Waals surface area contributed by atoms with Gasteiger partial charge in [-0.25, -0.2) is 0 Å². The van der Waals surface area contributed by atoms with Crippen molar-refractivity contribution in [2.45, 2.75) is 38.8 Å². The van der Waals surface area contributed by atoms with Gasteiger partial charge in [-0.1, -0.05) is 23.8 Å². The van der Waals surface area contributed by atoms with Crippen LogP contribution < -0.4 is 5.32 Å². The molecule has 2 aromatic rings. The van der Waals surface area contributed by atoms with E-state index < -0.39 is 0 Å². The number of piperidine rings is 3. The smallest absolute Gasteiger partial charge is 0.148 e. The largest absolute Gasteiger partial charge is 0.364 e. The number of aryl methyl sites for hydroxylation is 1. The number of hydrogen-bond donors (Lipinski definition) is 1. The summed E-state index contributed by atoms with van der Waals surface area (Å²) < 4.78 is 0. The van der Waals surface area contributed by atoms with Crippen LogP contribution in [-0.2, 0) is 0 Å². The molecule has 1 aromatic heterocycles. The predicted molar refractivity (Wildman–Crippen MR) is 93.4 cm³/mol. The minimum atomic E-state index is 0.497. The SMILES string of the molecule is Cc1cccc(-c2ccc(N[C@H]3C4CCN(CC4)[C@@H]3C)nn2)c1. The summed E-state index contributed by atoms with van der Waals surface area (Å²) in [6.45, 7) is 6.93. The Kier molecular flexibility index (Phi) is 3.77. The van der Waals surface area contributed by atoms with E-state index in [2.05, 4.69) is 70.7 Å². The standard InChI is InChI=1S/C19H24N4/c1-13-4-3-5-16(12-13)17-6-7-18(22-21-17)20-19-14(2)23-10-8-15(19)9-11-23/h3-7,12,14-15,19H,8-11H2,1-2H3,(H,20,22)/t14-,19-/m1/s1. The number of benzene rings is 1. The summed E-state index contributed by atoms with van der Waals surface area (Å²) in [6, 6.07) is 13.6. The first kappa shape index (κ1) is 14.6. The van der Waals surface area contributed by atoms with Crippen molar-refractivity contribution in [3.63, 3.8) is 0 Å². The second-order valence-electron chi connectivity index (χ2n) is 6.96. The van der Waals surface area contributed by atoms with Gasteiger partial charge in [0.1, 0.15) is 5.82 Å². The molecule has 1 N–H and O–H groups in total. The Morgan fingerprint density at radius 3 is 2.57 bits per heavy atom. The van der Waals surface area contributed by atoms with Crippen molar-refractivity contribution >= 4 is 5.82 Å². The molecule has 3 aliphatic rings. The maximum absolute atomic E-state index is 4.42. The summed E-state index contributed by atoms with van der Waals surface area (Å²) in [6.07, 6.45) is 2.60. The van der Waals surface area contributed by atoms with Crippen LogP contribution in [0.5, 0.6) is 0 Å². The van der Waals surface area contributed by atoms with E-state index in [-0.39, 0.29) is 0 Å². The third kappa shape index (κ3) is 2.83. The molecule has 0 saturated carbocycles. The summed E-state index contributed by atoms with van der Waals surface area (Å²) in [5, 5.41) is 12.5. The second-order valence-corrected chi connectivity index (χ2v) is 6.96. The topological polar surface area (TPSA) is 41.0 Å². The molecule has 23 heavy (non-hydrogen) atoms. The average Bonchev–Trinajstić information content (AvgIpc) is 2.59. The van der Waals surface area contributed by atoms with Gasteiger partial charge in [-0.2, -0.15) is 0 Å². The van der Waals surface area contributed by atoms with Gasteiger partial charge in [0.25, 0.3) is 0 Å². The lowest BCUT2D eigenvalue weighted by atomic mass is 9.79. The van der Waals surface area contributed by atoms with Gasteiger partial charge in [-0.05, 0) is 63.9 Å². The highest BCUT2D eigenvalue weighted by atomic mass is 15.2. The maximum Gasteiger partial charge on any atom is 0.148 e. The van der Waals surface area contributed by atoms with E-state index in [9.17, 15) is 0 Å². The molecule has 4 heterocycles. The molecular formula is C19H24N4. The Morgan fingerprint density at radius 1 is 1.09 bits per heavy atom. The third-order valence-corrected chi connectivity index (χ3v) is 5.47. The number of hydrogen-bond acceptors (Lipinski definition) is 4. The lowest BCUT2D eigenvalue weighted by Crippen LogP contribution is -2.59. The van der Waals surface area contributed by atoms with Crippen molar-refractivity contribution in [2.75, 3.05) is 18.4 Å². The molecule has 3 aliphatic heterocycles. The highest BCUT2D eigenvalue weighted by Crippen LogP contribution is 2.33. The molecule has 0 amide bonds. The molecule has 3 saturated heterocycles. The van der Waals surface area contributed by atoms with Crippen LogP contribution in [0.4, 0.5) is 5.82 Å². The minimum Gasteiger partial charge on any atom is -0.364 e. The van der Waals surface area contributed by atoms with Gasteiger partial charge in [0, 0.05) is 17.6 Å². The van der Waals surface area contributed by atoms with E-state index in [1.807, 2.05) is 0 Å². The van der Waals surface area contributed by atoms with E-state index in [0.717, 1.165) is 23.0 Å². The molecule has 120 valence electrons. The number of fused-ring (bicyclic) bond motifs is 3. The van der Waals surface area contributed by atoms with Crippen LogP contribution in [0.2, 0.25) is 0 Å². The Hall–Kier alpha value is -1.94. The molecule has 0 spiro atoms. The van der Waals surface area contributed by atoms with E-state index in [0.29, 0.717) is 12.1 Å². The molecule has 4 nitrogen and oxygen atoms in total. The van der Waals surface area contributed by atoms with Crippen molar-refractivity contribution in [3.05, 3.63) is 42.0 Å². The van der Waals surface area contributed by atoms with Crippen LogP contribution >= 0.6 is 0 Å². The zero-order chi connectivity index (χ0) is 15.8. The zero-order valence-electron chi connectivity index (χ0n) is 13.9. The Balaban J connectivity index is 1.50. The molecular weight excluding hydrogens is 284 g/mol. The van der Waals surface area contributed by atoms with Gasteiger partial charge in [0.2, 0.25) is 0 Å². The van der Waals surface area contributed by atoms with Gasteiger partial charge in [-0.3, -0.25) is 4.90 Å². The molecule has 0 aliphatic carbocycles. The number of aromatic nitrogens is 2. The van der Waals surface area contributed by atoms with E-state index in [1.165, 1.54) is 31.5 Å². The number of nitrogens with zero attached hydrogens (tertiary/aromatic N) is 3. The average molecular weight is 308 g/mol. The monoisotopic (exact) mass is 308 g/mol. The fraction of sp³-hybridized carbons (Fsp3) is 0.474. The van der Waals surface area contributed by atoms with Gasteiger partial charge in [0.05, 0.1) is 5.69 Å².